The lowest BCUT2D eigenvalue weighted by molar-refractivity contribution is 0.354. The quantitative estimate of drug-likeness (QED) is 0.526. The number of nitrogens with zero attached hydrogens (tertiary/aromatic N) is 1. The van der Waals surface area contributed by atoms with Crippen LogP contribution in [0.5, 0.6) is 11.5 Å². The van der Waals surface area contributed by atoms with E-state index in [9.17, 15) is 0 Å². The standard InChI is InChI=1S/C20H23N3O3/c1-21-20(22-12-14-8-9-18(24-2)19(10-14)25-3)23-13-16-11-15-6-4-5-7-17(15)26-16/h4-11H,12-13H2,1-3H3,(H2,21,22,23). The predicted molar refractivity (Wildman–Crippen MR) is 103 cm³/mol. The number of hydrogen-bond donors (Lipinski definition) is 2. The highest BCUT2D eigenvalue weighted by Gasteiger charge is 2.07. The largest absolute Gasteiger partial charge is 0.493 e. The van der Waals surface area contributed by atoms with Crippen molar-refractivity contribution in [1.82, 2.24) is 10.6 Å². The average molecular weight is 353 g/mol. The van der Waals surface area contributed by atoms with E-state index in [0.29, 0.717) is 30.5 Å². The second kappa shape index (κ2) is 8.29. The van der Waals surface area contributed by atoms with Crippen molar-refractivity contribution >= 4 is 16.9 Å². The normalized spacial score (nSPS) is 11.4. The van der Waals surface area contributed by atoms with E-state index in [4.69, 9.17) is 13.9 Å². The number of para-hydroxylation sites is 1. The van der Waals surface area contributed by atoms with Gasteiger partial charge in [-0.05, 0) is 29.8 Å². The van der Waals surface area contributed by atoms with E-state index in [1.54, 1.807) is 21.3 Å². The van der Waals surface area contributed by atoms with Gasteiger partial charge in [-0.1, -0.05) is 24.3 Å². The minimum Gasteiger partial charge on any atom is -0.493 e. The van der Waals surface area contributed by atoms with Gasteiger partial charge in [0.05, 0.1) is 20.8 Å². The highest BCUT2D eigenvalue weighted by molar-refractivity contribution is 5.80. The third-order valence-corrected chi connectivity index (χ3v) is 4.04. The number of aliphatic imine (C=N–C) groups is 1. The molecule has 0 amide bonds. The van der Waals surface area contributed by atoms with Crippen molar-refractivity contribution in [3.05, 3.63) is 59.9 Å². The van der Waals surface area contributed by atoms with Gasteiger partial charge >= 0.3 is 0 Å². The molecule has 3 aromatic rings. The molecule has 0 aliphatic rings. The molecule has 0 aliphatic carbocycles. The van der Waals surface area contributed by atoms with Gasteiger partial charge in [-0.3, -0.25) is 4.99 Å². The molecule has 0 spiro atoms. The Morgan fingerprint density at radius 3 is 2.46 bits per heavy atom. The number of furan rings is 1. The van der Waals surface area contributed by atoms with Crippen molar-refractivity contribution in [3.63, 3.8) is 0 Å². The molecule has 2 aromatic carbocycles. The summed E-state index contributed by atoms with van der Waals surface area (Å²) in [6.07, 6.45) is 0. The van der Waals surface area contributed by atoms with Gasteiger partial charge in [-0.2, -0.15) is 0 Å². The Morgan fingerprint density at radius 1 is 0.962 bits per heavy atom. The van der Waals surface area contributed by atoms with Crippen LogP contribution in [0.4, 0.5) is 0 Å². The number of guanidine groups is 1. The number of methoxy groups -OCH3 is 2. The molecule has 1 heterocycles. The number of ether oxygens (including phenoxy) is 2. The minimum atomic E-state index is 0.556. The lowest BCUT2D eigenvalue weighted by atomic mass is 10.2. The number of rotatable bonds is 6. The van der Waals surface area contributed by atoms with Gasteiger partial charge < -0.3 is 24.5 Å². The van der Waals surface area contributed by atoms with E-state index in [1.807, 2.05) is 48.5 Å². The van der Waals surface area contributed by atoms with Crippen LogP contribution in [0, 0.1) is 0 Å². The van der Waals surface area contributed by atoms with Gasteiger partial charge in [-0.25, -0.2) is 0 Å². The predicted octanol–water partition coefficient (Wildman–Crippen LogP) is 3.32. The lowest BCUT2D eigenvalue weighted by Gasteiger charge is -2.13. The Kier molecular flexibility index (Phi) is 5.63. The van der Waals surface area contributed by atoms with E-state index in [0.717, 1.165) is 22.3 Å². The summed E-state index contributed by atoms with van der Waals surface area (Å²) in [7, 11) is 4.99. The maximum Gasteiger partial charge on any atom is 0.191 e. The summed E-state index contributed by atoms with van der Waals surface area (Å²) in [6, 6.07) is 15.8. The van der Waals surface area contributed by atoms with Gasteiger partial charge in [-0.15, -0.1) is 0 Å². The van der Waals surface area contributed by atoms with Gasteiger partial charge in [0.1, 0.15) is 11.3 Å². The molecular weight excluding hydrogens is 330 g/mol. The first kappa shape index (κ1) is 17.7. The SMILES string of the molecule is CN=C(NCc1ccc(OC)c(OC)c1)NCc1cc2ccccc2o1. The zero-order valence-corrected chi connectivity index (χ0v) is 15.2. The van der Waals surface area contributed by atoms with Crippen molar-refractivity contribution in [2.24, 2.45) is 4.99 Å². The van der Waals surface area contributed by atoms with E-state index in [-0.39, 0.29) is 0 Å². The highest BCUT2D eigenvalue weighted by Crippen LogP contribution is 2.27. The van der Waals surface area contributed by atoms with Crippen molar-refractivity contribution in [2.75, 3.05) is 21.3 Å². The van der Waals surface area contributed by atoms with Crippen LogP contribution in [-0.2, 0) is 13.1 Å². The van der Waals surface area contributed by atoms with E-state index < -0.39 is 0 Å². The van der Waals surface area contributed by atoms with Gasteiger partial charge in [0, 0.05) is 19.0 Å². The molecule has 1 aromatic heterocycles. The fourth-order valence-corrected chi connectivity index (χ4v) is 2.69. The van der Waals surface area contributed by atoms with Crippen LogP contribution in [0.15, 0.2) is 57.9 Å². The Hall–Kier alpha value is -3.15. The number of fused-ring (bicyclic) bond motifs is 1. The Labute approximate surface area is 152 Å². The van der Waals surface area contributed by atoms with Crippen LogP contribution in [0.2, 0.25) is 0 Å². The van der Waals surface area contributed by atoms with Gasteiger partial charge in [0.25, 0.3) is 0 Å². The van der Waals surface area contributed by atoms with Crippen LogP contribution in [-0.4, -0.2) is 27.2 Å². The van der Waals surface area contributed by atoms with Crippen LogP contribution < -0.4 is 20.1 Å². The molecule has 0 saturated carbocycles. The summed E-state index contributed by atoms with van der Waals surface area (Å²) in [4.78, 5) is 4.25. The summed E-state index contributed by atoms with van der Waals surface area (Å²) in [5.74, 6) is 2.97. The summed E-state index contributed by atoms with van der Waals surface area (Å²) in [6.45, 7) is 1.17. The monoisotopic (exact) mass is 353 g/mol. The fourth-order valence-electron chi connectivity index (χ4n) is 2.69. The molecule has 6 heteroatoms. The molecule has 2 N–H and O–H groups in total. The molecule has 0 bridgehead atoms. The Balaban J connectivity index is 1.58. The van der Waals surface area contributed by atoms with E-state index in [1.165, 1.54) is 0 Å². The molecule has 0 saturated heterocycles. The average Bonchev–Trinajstić information content (AvgIpc) is 3.10. The van der Waals surface area contributed by atoms with Crippen molar-refractivity contribution < 1.29 is 13.9 Å². The van der Waals surface area contributed by atoms with Gasteiger partial charge in [0.2, 0.25) is 0 Å². The second-order valence-corrected chi connectivity index (χ2v) is 5.72. The summed E-state index contributed by atoms with van der Waals surface area (Å²) in [5, 5.41) is 7.63. The molecule has 6 nitrogen and oxygen atoms in total. The highest BCUT2D eigenvalue weighted by atomic mass is 16.5. The fraction of sp³-hybridized carbons (Fsp3) is 0.250. The number of hydrogen-bond acceptors (Lipinski definition) is 4. The minimum absolute atomic E-state index is 0.556. The first-order valence-corrected chi connectivity index (χ1v) is 8.36. The van der Waals surface area contributed by atoms with Crippen LogP contribution in [0.1, 0.15) is 11.3 Å². The summed E-state index contributed by atoms with van der Waals surface area (Å²) in [5.41, 5.74) is 1.95. The van der Waals surface area contributed by atoms with Crippen molar-refractivity contribution in [2.45, 2.75) is 13.1 Å². The molecule has 0 unspecified atom stereocenters. The van der Waals surface area contributed by atoms with Crippen molar-refractivity contribution in [1.29, 1.82) is 0 Å². The van der Waals surface area contributed by atoms with Gasteiger partial charge in [0.15, 0.2) is 17.5 Å². The van der Waals surface area contributed by atoms with Crippen LogP contribution >= 0.6 is 0 Å². The Bertz CT molecular complexity index is 869. The van der Waals surface area contributed by atoms with Crippen LogP contribution in [0.25, 0.3) is 11.0 Å². The molecule has 0 radical (unpaired) electrons. The van der Waals surface area contributed by atoms with Crippen LogP contribution in [0.3, 0.4) is 0 Å². The third-order valence-electron chi connectivity index (χ3n) is 4.04. The zero-order valence-electron chi connectivity index (χ0n) is 15.2. The zero-order chi connectivity index (χ0) is 18.4. The first-order chi connectivity index (χ1) is 12.7. The Morgan fingerprint density at radius 2 is 1.73 bits per heavy atom. The molecule has 0 atom stereocenters. The molecule has 3 rings (SSSR count). The summed E-state index contributed by atoms with van der Waals surface area (Å²) >= 11 is 0. The molecule has 0 aliphatic heterocycles. The number of nitrogens with one attached hydrogen (secondary N) is 2. The van der Waals surface area contributed by atoms with Crippen molar-refractivity contribution in [3.8, 4) is 11.5 Å². The maximum absolute atomic E-state index is 5.81. The first-order valence-electron chi connectivity index (χ1n) is 8.36. The van der Waals surface area contributed by atoms with E-state index >= 15 is 0 Å². The molecule has 26 heavy (non-hydrogen) atoms. The topological polar surface area (TPSA) is 68.0 Å². The lowest BCUT2D eigenvalue weighted by Crippen LogP contribution is -2.36. The number of benzene rings is 2. The molecule has 136 valence electrons. The maximum atomic E-state index is 5.81. The third kappa shape index (κ3) is 4.08. The summed E-state index contributed by atoms with van der Waals surface area (Å²) < 4.78 is 16.4. The second-order valence-electron chi connectivity index (χ2n) is 5.72. The molecule has 0 fully saturated rings. The molecular formula is C20H23N3O3. The smallest absolute Gasteiger partial charge is 0.191 e. The van der Waals surface area contributed by atoms with E-state index in [2.05, 4.69) is 15.6 Å².